The number of fused-ring (bicyclic) bond motifs is 1. The van der Waals surface area contributed by atoms with Crippen molar-refractivity contribution in [3.8, 4) is 5.88 Å². The molecule has 0 amide bonds. The Morgan fingerprint density at radius 1 is 1.15 bits per heavy atom. The second-order valence-corrected chi connectivity index (χ2v) is 8.27. The number of morpholine rings is 1. The van der Waals surface area contributed by atoms with Crippen LogP contribution in [0.1, 0.15) is 32.4 Å². The van der Waals surface area contributed by atoms with E-state index in [1.54, 1.807) is 6.21 Å². The Bertz CT molecular complexity index is 1060. The van der Waals surface area contributed by atoms with Crippen LogP contribution in [0.4, 0.5) is 11.5 Å². The average Bonchev–Trinajstić information content (AvgIpc) is 3.28. The van der Waals surface area contributed by atoms with Crippen LogP contribution in [0.3, 0.4) is 0 Å². The van der Waals surface area contributed by atoms with Gasteiger partial charge in [0.2, 0.25) is 5.88 Å². The number of benzene rings is 1. The van der Waals surface area contributed by atoms with E-state index in [2.05, 4.69) is 44.3 Å². The van der Waals surface area contributed by atoms with Crippen LogP contribution in [0.2, 0.25) is 0 Å². The molecule has 0 spiro atoms. The van der Waals surface area contributed by atoms with E-state index in [4.69, 9.17) is 14.0 Å². The summed E-state index contributed by atoms with van der Waals surface area (Å²) in [5.41, 5.74) is 5.52. The summed E-state index contributed by atoms with van der Waals surface area (Å²) in [5, 5.41) is 9.37. The van der Waals surface area contributed by atoms with Crippen LogP contribution in [-0.2, 0) is 4.74 Å². The fourth-order valence-electron chi connectivity index (χ4n) is 3.98. The van der Waals surface area contributed by atoms with Crippen LogP contribution in [0, 0.1) is 0 Å². The topological polar surface area (TPSA) is 88.2 Å². The zero-order valence-corrected chi connectivity index (χ0v) is 20.1. The van der Waals surface area contributed by atoms with E-state index in [1.807, 2.05) is 36.4 Å². The number of hydrogen-bond donors (Lipinski definition) is 1. The van der Waals surface area contributed by atoms with E-state index in [0.717, 1.165) is 75.4 Å². The maximum Gasteiger partial charge on any atom is 0.217 e. The molecular formula is C25H34N6O3. The molecule has 34 heavy (non-hydrogen) atoms. The third-order valence-corrected chi connectivity index (χ3v) is 5.67. The fraction of sp³-hybridized carbons (Fsp3) is 0.480. The molecule has 182 valence electrons. The van der Waals surface area contributed by atoms with Crippen molar-refractivity contribution in [3.63, 3.8) is 0 Å². The molecule has 3 aromatic rings. The van der Waals surface area contributed by atoms with E-state index in [1.165, 1.54) is 0 Å². The number of ether oxygens (including phenoxy) is 2. The van der Waals surface area contributed by atoms with Gasteiger partial charge in [-0.25, -0.2) is 0 Å². The van der Waals surface area contributed by atoms with Crippen molar-refractivity contribution in [3.05, 3.63) is 42.1 Å². The van der Waals surface area contributed by atoms with Gasteiger partial charge in [-0.2, -0.15) is 10.1 Å². The van der Waals surface area contributed by atoms with Crippen molar-refractivity contribution >= 4 is 28.7 Å². The molecule has 3 heterocycles. The van der Waals surface area contributed by atoms with E-state index >= 15 is 0 Å². The summed E-state index contributed by atoms with van der Waals surface area (Å²) in [4.78, 5) is 9.34. The largest absolute Gasteiger partial charge is 0.476 e. The van der Waals surface area contributed by atoms with Gasteiger partial charge in [-0.1, -0.05) is 31.1 Å². The van der Waals surface area contributed by atoms with Gasteiger partial charge in [0, 0.05) is 50.5 Å². The Morgan fingerprint density at radius 2 is 1.94 bits per heavy atom. The van der Waals surface area contributed by atoms with Gasteiger partial charge >= 0.3 is 0 Å². The van der Waals surface area contributed by atoms with Crippen LogP contribution < -0.4 is 15.1 Å². The second kappa shape index (κ2) is 12.3. The molecule has 2 aromatic heterocycles. The molecule has 0 saturated carbocycles. The molecular weight excluding hydrogens is 432 g/mol. The maximum absolute atomic E-state index is 6.07. The first kappa shape index (κ1) is 24.0. The van der Waals surface area contributed by atoms with Crippen molar-refractivity contribution in [2.24, 2.45) is 5.10 Å². The van der Waals surface area contributed by atoms with Gasteiger partial charge in [-0.15, -0.1) is 0 Å². The standard InChI is InChI=1S/C25H34N6O3/c1-3-9-31(10-4-2)20-17-24(27-25(18-20)33-16-13-30-11-14-32-15-12-30)28-26-19-22-21-7-5-6-8-23(21)34-29-22/h5-8,17-19H,3-4,9-16H2,1-2H3,(H,27,28)/b26-19+. The van der Waals surface area contributed by atoms with Gasteiger partial charge in [-0.05, 0) is 25.0 Å². The van der Waals surface area contributed by atoms with Crippen LogP contribution >= 0.6 is 0 Å². The molecule has 1 aliphatic heterocycles. The molecule has 0 unspecified atom stereocenters. The molecule has 1 aromatic carbocycles. The van der Waals surface area contributed by atoms with Gasteiger partial charge in [-0.3, -0.25) is 10.3 Å². The summed E-state index contributed by atoms with van der Waals surface area (Å²) in [5.74, 6) is 1.22. The van der Waals surface area contributed by atoms with Crippen molar-refractivity contribution in [1.29, 1.82) is 0 Å². The Hall–Kier alpha value is -3.17. The van der Waals surface area contributed by atoms with E-state index < -0.39 is 0 Å². The van der Waals surface area contributed by atoms with Crippen LogP contribution in [0.5, 0.6) is 5.88 Å². The highest BCUT2D eigenvalue weighted by Crippen LogP contribution is 2.25. The Morgan fingerprint density at radius 3 is 2.74 bits per heavy atom. The zero-order chi connectivity index (χ0) is 23.6. The molecule has 1 aliphatic rings. The Kier molecular flexibility index (Phi) is 8.70. The quantitative estimate of drug-likeness (QED) is 0.316. The van der Waals surface area contributed by atoms with Crippen molar-refractivity contribution in [2.45, 2.75) is 26.7 Å². The number of hydrazone groups is 1. The molecule has 4 rings (SSSR count). The molecule has 0 aliphatic carbocycles. The molecule has 9 heteroatoms. The number of anilines is 2. The minimum absolute atomic E-state index is 0.575. The number of para-hydroxylation sites is 1. The molecule has 9 nitrogen and oxygen atoms in total. The number of nitrogens with zero attached hydrogens (tertiary/aromatic N) is 5. The molecule has 0 bridgehead atoms. The molecule has 1 N–H and O–H groups in total. The Labute approximate surface area is 200 Å². The summed E-state index contributed by atoms with van der Waals surface area (Å²) in [7, 11) is 0. The lowest BCUT2D eigenvalue weighted by molar-refractivity contribution is 0.0320. The average molecular weight is 467 g/mol. The van der Waals surface area contributed by atoms with Gasteiger partial charge in [0.25, 0.3) is 0 Å². The number of nitrogens with one attached hydrogen (secondary N) is 1. The predicted molar refractivity (Wildman–Crippen MR) is 135 cm³/mol. The summed E-state index contributed by atoms with van der Waals surface area (Å²) in [6, 6.07) is 11.7. The van der Waals surface area contributed by atoms with Crippen molar-refractivity contribution < 1.29 is 14.0 Å². The summed E-state index contributed by atoms with van der Waals surface area (Å²) < 4.78 is 16.8. The van der Waals surface area contributed by atoms with Crippen molar-refractivity contribution in [2.75, 3.05) is 62.9 Å². The summed E-state index contributed by atoms with van der Waals surface area (Å²) in [6.07, 6.45) is 3.78. The van der Waals surface area contributed by atoms with Gasteiger partial charge in [0.05, 0.1) is 24.8 Å². The highest BCUT2D eigenvalue weighted by atomic mass is 16.5. The lowest BCUT2D eigenvalue weighted by Crippen LogP contribution is -2.38. The number of aromatic nitrogens is 2. The molecule has 0 radical (unpaired) electrons. The first-order chi connectivity index (χ1) is 16.8. The Balaban J connectivity index is 1.48. The maximum atomic E-state index is 6.07. The monoisotopic (exact) mass is 466 g/mol. The lowest BCUT2D eigenvalue weighted by atomic mass is 10.2. The fourth-order valence-corrected chi connectivity index (χ4v) is 3.98. The first-order valence-corrected chi connectivity index (χ1v) is 12.1. The lowest BCUT2D eigenvalue weighted by Gasteiger charge is -2.26. The summed E-state index contributed by atoms with van der Waals surface area (Å²) >= 11 is 0. The normalized spacial score (nSPS) is 14.6. The van der Waals surface area contributed by atoms with Gasteiger partial charge in [0.1, 0.15) is 12.3 Å². The van der Waals surface area contributed by atoms with Crippen LogP contribution in [0.25, 0.3) is 11.0 Å². The number of rotatable bonds is 12. The van der Waals surface area contributed by atoms with Gasteiger partial charge < -0.3 is 18.9 Å². The third kappa shape index (κ3) is 6.45. The van der Waals surface area contributed by atoms with E-state index in [0.29, 0.717) is 24.0 Å². The first-order valence-electron chi connectivity index (χ1n) is 12.1. The predicted octanol–water partition coefficient (Wildman–Crippen LogP) is 4.01. The number of hydrogen-bond acceptors (Lipinski definition) is 9. The highest BCUT2D eigenvalue weighted by Gasteiger charge is 2.13. The highest BCUT2D eigenvalue weighted by molar-refractivity contribution is 5.95. The van der Waals surface area contributed by atoms with E-state index in [-0.39, 0.29) is 0 Å². The molecule has 1 saturated heterocycles. The van der Waals surface area contributed by atoms with Crippen LogP contribution in [-0.4, -0.2) is 73.8 Å². The zero-order valence-electron chi connectivity index (χ0n) is 20.1. The SMILES string of the molecule is CCCN(CCC)c1cc(N/N=C/c2noc3ccccc23)nc(OCCN2CCOCC2)c1. The molecule has 0 atom stereocenters. The second-order valence-electron chi connectivity index (χ2n) is 8.27. The third-order valence-electron chi connectivity index (χ3n) is 5.67. The van der Waals surface area contributed by atoms with Crippen molar-refractivity contribution in [1.82, 2.24) is 15.0 Å². The molecule has 1 fully saturated rings. The van der Waals surface area contributed by atoms with E-state index in [9.17, 15) is 0 Å². The minimum Gasteiger partial charge on any atom is -0.476 e. The van der Waals surface area contributed by atoms with Gasteiger partial charge in [0.15, 0.2) is 11.4 Å². The summed E-state index contributed by atoms with van der Waals surface area (Å²) in [6.45, 7) is 11.2. The smallest absolute Gasteiger partial charge is 0.217 e. The number of pyridine rings is 1. The minimum atomic E-state index is 0.575. The van der Waals surface area contributed by atoms with Crippen LogP contribution in [0.15, 0.2) is 46.0 Å².